The molecule has 5 heteroatoms. The Morgan fingerprint density at radius 1 is 1.15 bits per heavy atom. The Hall–Kier alpha value is -2.95. The summed E-state index contributed by atoms with van der Waals surface area (Å²) in [6.45, 7) is 0. The fourth-order valence-electron chi connectivity index (χ4n) is 1.72. The molecule has 0 aliphatic carbocycles. The van der Waals surface area contributed by atoms with Crippen LogP contribution < -0.4 is 0 Å². The number of carbonyl (C=O) groups is 1. The van der Waals surface area contributed by atoms with Crippen LogP contribution in [-0.2, 0) is 0 Å². The van der Waals surface area contributed by atoms with Crippen LogP contribution in [0, 0.1) is 10.1 Å². The van der Waals surface area contributed by atoms with E-state index in [0.29, 0.717) is 11.1 Å². The van der Waals surface area contributed by atoms with E-state index in [1.165, 1.54) is 30.4 Å². The molecule has 0 atom stereocenters. The number of aromatic hydroxyl groups is 1. The van der Waals surface area contributed by atoms with Gasteiger partial charge in [-0.1, -0.05) is 24.3 Å². The fraction of sp³-hybridized carbons (Fsp3) is 0. The van der Waals surface area contributed by atoms with Gasteiger partial charge in [0.15, 0.2) is 5.78 Å². The molecule has 1 N–H and O–H groups in total. The van der Waals surface area contributed by atoms with Crippen LogP contribution in [0.1, 0.15) is 15.9 Å². The third-order valence-electron chi connectivity index (χ3n) is 2.68. The van der Waals surface area contributed by atoms with Crippen molar-refractivity contribution in [1.29, 1.82) is 0 Å². The standard InChI is InChI=1S/C15H11NO4/c17-13-6-3-5-12(10-13)15(18)9-8-11-4-1-2-7-14(11)16(19)20/h1-10,17H/b9-8+. The number of ketones is 1. The molecule has 0 saturated carbocycles. The van der Waals surface area contributed by atoms with Gasteiger partial charge in [-0.25, -0.2) is 0 Å². The fourth-order valence-corrected chi connectivity index (χ4v) is 1.72. The van der Waals surface area contributed by atoms with Gasteiger partial charge < -0.3 is 5.11 Å². The van der Waals surface area contributed by atoms with E-state index in [0.717, 1.165) is 0 Å². The molecule has 0 unspecified atom stereocenters. The van der Waals surface area contributed by atoms with Crippen molar-refractivity contribution in [1.82, 2.24) is 0 Å². The summed E-state index contributed by atoms with van der Waals surface area (Å²) in [5, 5.41) is 20.1. The molecule has 0 fully saturated rings. The highest BCUT2D eigenvalue weighted by Crippen LogP contribution is 2.19. The van der Waals surface area contributed by atoms with Crippen molar-refractivity contribution in [3.8, 4) is 5.75 Å². The lowest BCUT2D eigenvalue weighted by Crippen LogP contribution is -1.94. The third-order valence-corrected chi connectivity index (χ3v) is 2.68. The number of nitro benzene ring substituents is 1. The lowest BCUT2D eigenvalue weighted by atomic mass is 10.1. The van der Waals surface area contributed by atoms with E-state index in [9.17, 15) is 20.0 Å². The van der Waals surface area contributed by atoms with Gasteiger partial charge >= 0.3 is 0 Å². The Labute approximate surface area is 115 Å². The average Bonchev–Trinajstić information content (AvgIpc) is 2.45. The second-order valence-electron chi connectivity index (χ2n) is 4.06. The first-order valence-electron chi connectivity index (χ1n) is 5.83. The van der Waals surface area contributed by atoms with Crippen LogP contribution in [0.5, 0.6) is 5.75 Å². The van der Waals surface area contributed by atoms with Crippen molar-refractivity contribution in [2.24, 2.45) is 0 Å². The molecule has 5 nitrogen and oxygen atoms in total. The number of phenols is 1. The molecule has 0 radical (unpaired) electrons. The molecule has 2 aromatic rings. The number of nitro groups is 1. The van der Waals surface area contributed by atoms with Crippen LogP contribution in [0.4, 0.5) is 5.69 Å². The SMILES string of the molecule is O=C(/C=C/c1ccccc1[N+](=O)[O-])c1cccc(O)c1. The zero-order valence-corrected chi connectivity index (χ0v) is 10.4. The van der Waals surface area contributed by atoms with Gasteiger partial charge in [-0.05, 0) is 30.4 Å². The summed E-state index contributed by atoms with van der Waals surface area (Å²) in [5.74, 6) is -0.339. The van der Waals surface area contributed by atoms with E-state index in [-0.39, 0.29) is 17.2 Å². The minimum atomic E-state index is -0.501. The van der Waals surface area contributed by atoms with Gasteiger partial charge in [0.25, 0.3) is 5.69 Å². The Morgan fingerprint density at radius 2 is 1.90 bits per heavy atom. The normalized spacial score (nSPS) is 10.6. The van der Waals surface area contributed by atoms with Crippen molar-refractivity contribution in [2.75, 3.05) is 0 Å². The summed E-state index contributed by atoms with van der Waals surface area (Å²) < 4.78 is 0. The maximum absolute atomic E-state index is 11.9. The predicted octanol–water partition coefficient (Wildman–Crippen LogP) is 3.20. The molecule has 0 aliphatic rings. The number of hydrogen-bond donors (Lipinski definition) is 1. The van der Waals surface area contributed by atoms with Crippen LogP contribution in [0.25, 0.3) is 6.08 Å². The zero-order chi connectivity index (χ0) is 14.5. The van der Waals surface area contributed by atoms with Gasteiger partial charge in [-0.15, -0.1) is 0 Å². The van der Waals surface area contributed by atoms with Crippen molar-refractivity contribution in [3.05, 3.63) is 75.8 Å². The predicted molar refractivity (Wildman–Crippen MR) is 74.6 cm³/mol. The molecule has 0 aliphatic heterocycles. The summed E-state index contributed by atoms with van der Waals surface area (Å²) in [4.78, 5) is 22.2. The summed E-state index contributed by atoms with van der Waals surface area (Å²) in [5.41, 5.74) is 0.610. The van der Waals surface area contributed by atoms with Gasteiger partial charge in [0.05, 0.1) is 10.5 Å². The zero-order valence-electron chi connectivity index (χ0n) is 10.4. The minimum absolute atomic E-state index is 0.00468. The lowest BCUT2D eigenvalue weighted by molar-refractivity contribution is -0.385. The molecule has 0 saturated heterocycles. The van der Waals surface area contributed by atoms with E-state index >= 15 is 0 Å². The van der Waals surface area contributed by atoms with Crippen LogP contribution in [0.3, 0.4) is 0 Å². The summed E-state index contributed by atoms with van der Waals surface area (Å²) in [6.07, 6.45) is 2.64. The molecule has 0 amide bonds. The van der Waals surface area contributed by atoms with Gasteiger partial charge in [-0.2, -0.15) is 0 Å². The number of nitrogens with zero attached hydrogens (tertiary/aromatic N) is 1. The van der Waals surface area contributed by atoms with E-state index < -0.39 is 4.92 Å². The smallest absolute Gasteiger partial charge is 0.276 e. The first kappa shape index (κ1) is 13.5. The number of para-hydroxylation sites is 1. The molecule has 2 aromatic carbocycles. The topological polar surface area (TPSA) is 80.4 Å². The number of phenolic OH excluding ortho intramolecular Hbond substituents is 1. The van der Waals surface area contributed by atoms with Gasteiger partial charge in [0.1, 0.15) is 5.75 Å². The summed E-state index contributed by atoms with van der Waals surface area (Å²) in [6, 6.07) is 12.1. The third kappa shape index (κ3) is 3.08. The summed E-state index contributed by atoms with van der Waals surface area (Å²) in [7, 11) is 0. The van der Waals surface area contributed by atoms with Crippen molar-refractivity contribution >= 4 is 17.5 Å². The van der Waals surface area contributed by atoms with E-state index in [2.05, 4.69) is 0 Å². The van der Waals surface area contributed by atoms with Crippen LogP contribution in [0.15, 0.2) is 54.6 Å². The first-order chi connectivity index (χ1) is 9.58. The van der Waals surface area contributed by atoms with Gasteiger partial charge in [-0.3, -0.25) is 14.9 Å². The molecule has 100 valence electrons. The van der Waals surface area contributed by atoms with Crippen molar-refractivity contribution in [3.63, 3.8) is 0 Å². The molecule has 0 bridgehead atoms. The number of allylic oxidation sites excluding steroid dienone is 1. The Morgan fingerprint density at radius 3 is 2.60 bits per heavy atom. The highest BCUT2D eigenvalue weighted by atomic mass is 16.6. The van der Waals surface area contributed by atoms with Gasteiger partial charge in [0, 0.05) is 11.6 Å². The largest absolute Gasteiger partial charge is 0.508 e. The van der Waals surface area contributed by atoms with Crippen LogP contribution in [0.2, 0.25) is 0 Å². The molecular formula is C15H11NO4. The maximum atomic E-state index is 11.9. The quantitative estimate of drug-likeness (QED) is 0.400. The Bertz CT molecular complexity index is 692. The number of carbonyl (C=O) groups excluding carboxylic acids is 1. The van der Waals surface area contributed by atoms with E-state index in [1.54, 1.807) is 30.3 Å². The second-order valence-corrected chi connectivity index (χ2v) is 4.06. The Balaban J connectivity index is 2.26. The Kier molecular flexibility index (Phi) is 3.91. The van der Waals surface area contributed by atoms with Crippen molar-refractivity contribution in [2.45, 2.75) is 0 Å². The van der Waals surface area contributed by atoms with E-state index in [4.69, 9.17) is 0 Å². The molecule has 0 spiro atoms. The van der Waals surface area contributed by atoms with Crippen LogP contribution in [-0.4, -0.2) is 15.8 Å². The average molecular weight is 269 g/mol. The van der Waals surface area contributed by atoms with E-state index in [1.807, 2.05) is 0 Å². The number of rotatable bonds is 4. The minimum Gasteiger partial charge on any atom is -0.508 e. The number of benzene rings is 2. The lowest BCUT2D eigenvalue weighted by Gasteiger charge is -1.98. The molecule has 2 rings (SSSR count). The number of hydrogen-bond acceptors (Lipinski definition) is 4. The molecule has 0 heterocycles. The van der Waals surface area contributed by atoms with Crippen molar-refractivity contribution < 1.29 is 14.8 Å². The maximum Gasteiger partial charge on any atom is 0.276 e. The molecule has 20 heavy (non-hydrogen) atoms. The summed E-state index contributed by atoms with van der Waals surface area (Å²) >= 11 is 0. The highest BCUT2D eigenvalue weighted by Gasteiger charge is 2.10. The highest BCUT2D eigenvalue weighted by molar-refractivity contribution is 6.07. The second kappa shape index (κ2) is 5.79. The monoisotopic (exact) mass is 269 g/mol. The van der Waals surface area contributed by atoms with Gasteiger partial charge in [0.2, 0.25) is 0 Å². The van der Waals surface area contributed by atoms with Crippen LogP contribution >= 0.6 is 0 Å². The first-order valence-corrected chi connectivity index (χ1v) is 5.83. The molecule has 0 aromatic heterocycles. The molecular weight excluding hydrogens is 258 g/mol.